The zero-order valence-corrected chi connectivity index (χ0v) is 13.5. The standard InChI is InChI=1S/C17H22N4O2/c1-12-8-11-23-15(12)17(22)20-10-5-6-13(20)16-19-18-14-7-3-2-4-9-21(14)16/h8,11,13H,2-7,9-10H2,1H3. The second-order valence-electron chi connectivity index (χ2n) is 6.53. The topological polar surface area (TPSA) is 64.2 Å². The molecule has 0 saturated carbocycles. The molecule has 1 atom stereocenters. The van der Waals surface area contributed by atoms with Crippen LogP contribution >= 0.6 is 0 Å². The lowest BCUT2D eigenvalue weighted by atomic mass is 10.2. The van der Waals surface area contributed by atoms with Gasteiger partial charge in [0.25, 0.3) is 5.91 Å². The van der Waals surface area contributed by atoms with Crippen molar-refractivity contribution in [1.82, 2.24) is 19.7 Å². The van der Waals surface area contributed by atoms with Crippen LogP contribution in [0.25, 0.3) is 0 Å². The highest BCUT2D eigenvalue weighted by molar-refractivity contribution is 5.93. The van der Waals surface area contributed by atoms with Crippen molar-refractivity contribution in [2.45, 2.75) is 58.0 Å². The third-order valence-corrected chi connectivity index (χ3v) is 5.01. The molecule has 0 aromatic carbocycles. The van der Waals surface area contributed by atoms with Gasteiger partial charge in [-0.3, -0.25) is 4.79 Å². The van der Waals surface area contributed by atoms with Crippen molar-refractivity contribution in [1.29, 1.82) is 0 Å². The van der Waals surface area contributed by atoms with Gasteiger partial charge in [-0.05, 0) is 38.7 Å². The molecule has 0 N–H and O–H groups in total. The first kappa shape index (κ1) is 14.5. The highest BCUT2D eigenvalue weighted by atomic mass is 16.3. The fraction of sp³-hybridized carbons (Fsp3) is 0.588. The lowest BCUT2D eigenvalue weighted by Crippen LogP contribution is -2.32. The molecule has 2 aromatic heterocycles. The van der Waals surface area contributed by atoms with Crippen LogP contribution in [-0.2, 0) is 13.0 Å². The van der Waals surface area contributed by atoms with Gasteiger partial charge in [-0.2, -0.15) is 0 Å². The minimum Gasteiger partial charge on any atom is -0.459 e. The zero-order chi connectivity index (χ0) is 15.8. The molecule has 0 spiro atoms. The zero-order valence-electron chi connectivity index (χ0n) is 13.5. The van der Waals surface area contributed by atoms with Crippen LogP contribution in [-0.4, -0.2) is 32.1 Å². The summed E-state index contributed by atoms with van der Waals surface area (Å²) in [7, 11) is 0. The first-order chi connectivity index (χ1) is 11.3. The Bertz CT molecular complexity index is 718. The summed E-state index contributed by atoms with van der Waals surface area (Å²) in [4.78, 5) is 14.8. The van der Waals surface area contributed by atoms with Crippen molar-refractivity contribution in [3.63, 3.8) is 0 Å². The van der Waals surface area contributed by atoms with Crippen molar-refractivity contribution in [2.24, 2.45) is 0 Å². The van der Waals surface area contributed by atoms with Gasteiger partial charge in [-0.15, -0.1) is 10.2 Å². The van der Waals surface area contributed by atoms with E-state index in [1.54, 1.807) is 6.26 Å². The van der Waals surface area contributed by atoms with Gasteiger partial charge in [0.2, 0.25) is 0 Å². The maximum absolute atomic E-state index is 12.8. The molecule has 0 radical (unpaired) electrons. The summed E-state index contributed by atoms with van der Waals surface area (Å²) in [6, 6.07) is 1.85. The summed E-state index contributed by atoms with van der Waals surface area (Å²) in [5.74, 6) is 2.46. The normalized spacial score (nSPS) is 21.3. The number of rotatable bonds is 2. The summed E-state index contributed by atoms with van der Waals surface area (Å²) < 4.78 is 7.65. The monoisotopic (exact) mass is 314 g/mol. The summed E-state index contributed by atoms with van der Waals surface area (Å²) in [6.45, 7) is 3.63. The number of aryl methyl sites for hydroxylation is 2. The summed E-state index contributed by atoms with van der Waals surface area (Å²) >= 11 is 0. The maximum Gasteiger partial charge on any atom is 0.290 e. The Balaban J connectivity index is 1.65. The second-order valence-corrected chi connectivity index (χ2v) is 6.53. The summed E-state index contributed by atoms with van der Waals surface area (Å²) in [5.41, 5.74) is 0.890. The van der Waals surface area contributed by atoms with Gasteiger partial charge in [-0.1, -0.05) is 6.42 Å². The Hall–Kier alpha value is -2.11. The number of carbonyl (C=O) groups excluding carboxylic acids is 1. The molecule has 122 valence electrons. The molecular weight excluding hydrogens is 292 g/mol. The summed E-state index contributed by atoms with van der Waals surface area (Å²) in [6.07, 6.45) is 8.10. The molecule has 4 heterocycles. The van der Waals surface area contributed by atoms with Crippen LogP contribution < -0.4 is 0 Å². The number of aromatic nitrogens is 3. The minimum absolute atomic E-state index is 0.0198. The molecule has 1 fully saturated rings. The van der Waals surface area contributed by atoms with E-state index in [9.17, 15) is 4.79 Å². The van der Waals surface area contributed by atoms with Gasteiger partial charge in [0.1, 0.15) is 5.82 Å². The van der Waals surface area contributed by atoms with Crippen molar-refractivity contribution in [3.05, 3.63) is 35.3 Å². The molecule has 4 rings (SSSR count). The minimum atomic E-state index is -0.0269. The molecule has 1 amide bonds. The van der Waals surface area contributed by atoms with E-state index in [2.05, 4.69) is 14.8 Å². The van der Waals surface area contributed by atoms with E-state index in [4.69, 9.17) is 4.42 Å². The van der Waals surface area contributed by atoms with Crippen molar-refractivity contribution >= 4 is 5.91 Å². The lowest BCUT2D eigenvalue weighted by molar-refractivity contribution is 0.0693. The first-order valence-corrected chi connectivity index (χ1v) is 8.53. The number of amides is 1. The van der Waals surface area contributed by atoms with Gasteiger partial charge in [0.15, 0.2) is 11.6 Å². The van der Waals surface area contributed by atoms with Gasteiger partial charge in [-0.25, -0.2) is 0 Å². The number of nitrogens with zero attached hydrogens (tertiary/aromatic N) is 4. The Labute approximate surface area is 135 Å². The number of hydrogen-bond acceptors (Lipinski definition) is 4. The molecule has 6 heteroatoms. The van der Waals surface area contributed by atoms with Gasteiger partial charge < -0.3 is 13.9 Å². The van der Waals surface area contributed by atoms with E-state index in [0.29, 0.717) is 5.76 Å². The van der Waals surface area contributed by atoms with Crippen molar-refractivity contribution in [2.75, 3.05) is 6.54 Å². The van der Waals surface area contributed by atoms with E-state index < -0.39 is 0 Å². The number of carbonyl (C=O) groups is 1. The maximum atomic E-state index is 12.8. The van der Waals surface area contributed by atoms with E-state index in [0.717, 1.165) is 56.0 Å². The van der Waals surface area contributed by atoms with Crippen LogP contribution in [0.15, 0.2) is 16.7 Å². The van der Waals surface area contributed by atoms with Crippen LogP contribution in [0.5, 0.6) is 0 Å². The smallest absolute Gasteiger partial charge is 0.290 e. The average molecular weight is 314 g/mol. The fourth-order valence-electron chi connectivity index (χ4n) is 3.75. The predicted octanol–water partition coefficient (Wildman–Crippen LogP) is 2.88. The molecule has 0 aliphatic carbocycles. The van der Waals surface area contributed by atoms with Gasteiger partial charge in [0, 0.05) is 25.1 Å². The first-order valence-electron chi connectivity index (χ1n) is 8.53. The highest BCUT2D eigenvalue weighted by Gasteiger charge is 2.36. The Kier molecular flexibility index (Phi) is 3.67. The lowest BCUT2D eigenvalue weighted by Gasteiger charge is -2.24. The van der Waals surface area contributed by atoms with Crippen LogP contribution in [0.3, 0.4) is 0 Å². The quantitative estimate of drug-likeness (QED) is 0.855. The van der Waals surface area contributed by atoms with E-state index in [-0.39, 0.29) is 11.9 Å². The molecule has 0 bridgehead atoms. The van der Waals surface area contributed by atoms with Gasteiger partial charge in [0.05, 0.1) is 12.3 Å². The number of fused-ring (bicyclic) bond motifs is 1. The predicted molar refractivity (Wildman–Crippen MR) is 84.0 cm³/mol. The molecule has 1 saturated heterocycles. The van der Waals surface area contributed by atoms with Crippen LogP contribution in [0, 0.1) is 6.92 Å². The van der Waals surface area contributed by atoms with Crippen molar-refractivity contribution in [3.8, 4) is 0 Å². The third kappa shape index (κ3) is 2.46. The van der Waals surface area contributed by atoms with Crippen LogP contribution in [0.1, 0.15) is 65.9 Å². The Morgan fingerprint density at radius 3 is 2.96 bits per heavy atom. The average Bonchev–Trinajstić information content (AvgIpc) is 3.23. The van der Waals surface area contributed by atoms with Crippen molar-refractivity contribution < 1.29 is 9.21 Å². The molecule has 6 nitrogen and oxygen atoms in total. The summed E-state index contributed by atoms with van der Waals surface area (Å²) in [5, 5.41) is 8.83. The molecule has 1 unspecified atom stereocenters. The molecule has 2 aliphatic heterocycles. The van der Waals surface area contributed by atoms with Crippen LogP contribution in [0.2, 0.25) is 0 Å². The Morgan fingerprint density at radius 2 is 2.13 bits per heavy atom. The SMILES string of the molecule is Cc1ccoc1C(=O)N1CCCC1c1nnc2n1CCCCC2. The largest absolute Gasteiger partial charge is 0.459 e. The molecule has 23 heavy (non-hydrogen) atoms. The number of hydrogen-bond donors (Lipinski definition) is 0. The highest BCUT2D eigenvalue weighted by Crippen LogP contribution is 2.33. The number of furan rings is 1. The fourth-order valence-corrected chi connectivity index (χ4v) is 3.75. The number of likely N-dealkylation sites (tertiary alicyclic amines) is 1. The molecule has 2 aliphatic rings. The second kappa shape index (κ2) is 5.83. The van der Waals surface area contributed by atoms with E-state index >= 15 is 0 Å². The Morgan fingerprint density at radius 1 is 1.22 bits per heavy atom. The third-order valence-electron chi connectivity index (χ3n) is 5.01. The molecule has 2 aromatic rings. The van der Waals surface area contributed by atoms with E-state index in [1.807, 2.05) is 17.9 Å². The van der Waals surface area contributed by atoms with E-state index in [1.165, 1.54) is 12.8 Å². The molecular formula is C17H22N4O2. The van der Waals surface area contributed by atoms with Crippen LogP contribution in [0.4, 0.5) is 0 Å². The van der Waals surface area contributed by atoms with Gasteiger partial charge >= 0.3 is 0 Å².